The molecule has 0 unspecified atom stereocenters. The van der Waals surface area contributed by atoms with E-state index in [1.807, 2.05) is 7.05 Å². The van der Waals surface area contributed by atoms with Crippen molar-refractivity contribution in [3.05, 3.63) is 53.6 Å². The molecule has 128 valence electrons. The minimum absolute atomic E-state index is 0.569. The second-order valence-electron chi connectivity index (χ2n) is 7.11. The minimum atomic E-state index is 0.569. The lowest BCUT2D eigenvalue weighted by Gasteiger charge is -2.39. The molecular weight excluding hydrogens is 294 g/mol. The van der Waals surface area contributed by atoms with Crippen LogP contribution in [-0.2, 0) is 13.1 Å². The van der Waals surface area contributed by atoms with Crippen molar-refractivity contribution in [1.82, 2.24) is 10.2 Å². The van der Waals surface area contributed by atoms with Gasteiger partial charge in [-0.25, -0.2) is 0 Å². The van der Waals surface area contributed by atoms with Crippen LogP contribution in [0.15, 0.2) is 42.5 Å². The summed E-state index contributed by atoms with van der Waals surface area (Å²) in [6.07, 6.45) is 0. The minimum Gasteiger partial charge on any atom is -0.364 e. The first-order valence-corrected chi connectivity index (χ1v) is 8.90. The van der Waals surface area contributed by atoms with Crippen molar-refractivity contribution >= 4 is 5.69 Å². The topological polar surface area (TPSA) is 18.5 Å². The van der Waals surface area contributed by atoms with Crippen LogP contribution in [-0.4, -0.2) is 38.1 Å². The fraction of sp³-hybridized carbons (Fsp3) is 0.429. The van der Waals surface area contributed by atoms with Crippen LogP contribution in [0, 0.1) is 0 Å². The number of benzene rings is 2. The molecular formula is C21H29N3. The maximum Gasteiger partial charge on any atom is 0.0452 e. The fourth-order valence-corrected chi connectivity index (χ4v) is 3.33. The van der Waals surface area contributed by atoms with Crippen LogP contribution in [0.2, 0.25) is 0 Å². The largest absolute Gasteiger partial charge is 0.364 e. The maximum absolute atomic E-state index is 3.21. The van der Waals surface area contributed by atoms with Crippen LogP contribution in [0.5, 0.6) is 0 Å². The molecule has 0 aromatic heterocycles. The third-order valence-electron chi connectivity index (χ3n) is 4.82. The third kappa shape index (κ3) is 3.63. The molecule has 24 heavy (non-hydrogen) atoms. The number of rotatable bonds is 7. The van der Waals surface area contributed by atoms with Crippen LogP contribution in [0.25, 0.3) is 11.1 Å². The van der Waals surface area contributed by atoms with E-state index >= 15 is 0 Å². The van der Waals surface area contributed by atoms with Gasteiger partial charge in [-0.15, -0.1) is 0 Å². The Balaban J connectivity index is 1.77. The van der Waals surface area contributed by atoms with Crippen LogP contribution >= 0.6 is 0 Å². The lowest BCUT2D eigenvalue weighted by Crippen LogP contribution is -2.38. The Hall–Kier alpha value is -1.84. The highest BCUT2D eigenvalue weighted by Gasteiger charge is 2.24. The Morgan fingerprint density at radius 2 is 1.92 bits per heavy atom. The molecule has 2 aromatic rings. The molecule has 2 aromatic carbocycles. The predicted octanol–water partition coefficient (Wildman–Crippen LogP) is 3.73. The van der Waals surface area contributed by atoms with E-state index in [1.54, 1.807) is 0 Å². The molecule has 0 aliphatic carbocycles. The van der Waals surface area contributed by atoms with Crippen LogP contribution < -0.4 is 10.2 Å². The maximum atomic E-state index is 3.21. The standard InChI is InChI=1S/C21H29N3/c1-16(2)24-15-20-9-8-19(13-21(20)24)18-7-5-6-17(12-18)14-23(4)11-10-22-3/h5-9,12-13,16,22H,10-11,14-15H2,1-4H3. The highest BCUT2D eigenvalue weighted by molar-refractivity contribution is 5.74. The molecule has 3 rings (SSSR count). The van der Waals surface area contributed by atoms with Crippen molar-refractivity contribution in [3.63, 3.8) is 0 Å². The zero-order valence-electron chi connectivity index (χ0n) is 15.3. The van der Waals surface area contributed by atoms with Gasteiger partial charge in [0.25, 0.3) is 0 Å². The summed E-state index contributed by atoms with van der Waals surface area (Å²) in [5.74, 6) is 0. The van der Waals surface area contributed by atoms with Gasteiger partial charge < -0.3 is 15.1 Å². The second-order valence-corrected chi connectivity index (χ2v) is 7.11. The van der Waals surface area contributed by atoms with Crippen molar-refractivity contribution in [2.24, 2.45) is 0 Å². The second kappa shape index (κ2) is 7.37. The van der Waals surface area contributed by atoms with Gasteiger partial charge in [-0.1, -0.05) is 30.3 Å². The first-order chi connectivity index (χ1) is 11.6. The summed E-state index contributed by atoms with van der Waals surface area (Å²) >= 11 is 0. The molecule has 0 bridgehead atoms. The molecule has 0 radical (unpaired) electrons. The van der Waals surface area contributed by atoms with Gasteiger partial charge >= 0.3 is 0 Å². The Bertz CT molecular complexity index is 693. The summed E-state index contributed by atoms with van der Waals surface area (Å²) in [6.45, 7) is 8.67. The number of likely N-dealkylation sites (N-methyl/N-ethyl adjacent to an activating group) is 2. The summed E-state index contributed by atoms with van der Waals surface area (Å²) in [7, 11) is 4.18. The van der Waals surface area contributed by atoms with Gasteiger partial charge in [0.05, 0.1) is 0 Å². The van der Waals surface area contributed by atoms with Gasteiger partial charge in [-0.3, -0.25) is 0 Å². The van der Waals surface area contributed by atoms with E-state index in [0.29, 0.717) is 6.04 Å². The number of fused-ring (bicyclic) bond motifs is 1. The Morgan fingerprint density at radius 1 is 1.12 bits per heavy atom. The molecule has 0 amide bonds. The molecule has 1 aliphatic rings. The number of nitrogens with zero attached hydrogens (tertiary/aromatic N) is 2. The third-order valence-corrected chi connectivity index (χ3v) is 4.82. The predicted molar refractivity (Wildman–Crippen MR) is 103 cm³/mol. The number of hydrogen-bond donors (Lipinski definition) is 1. The average molecular weight is 323 g/mol. The van der Waals surface area contributed by atoms with Gasteiger partial charge in [0, 0.05) is 37.9 Å². The zero-order valence-corrected chi connectivity index (χ0v) is 15.3. The number of anilines is 1. The van der Waals surface area contributed by atoms with Crippen molar-refractivity contribution in [2.75, 3.05) is 32.1 Å². The molecule has 0 saturated carbocycles. The van der Waals surface area contributed by atoms with Gasteiger partial charge in [-0.2, -0.15) is 0 Å². The summed E-state index contributed by atoms with van der Waals surface area (Å²) in [6, 6.07) is 16.4. The molecule has 0 atom stereocenters. The Morgan fingerprint density at radius 3 is 2.67 bits per heavy atom. The Labute approximate surface area is 146 Å². The van der Waals surface area contributed by atoms with Crippen molar-refractivity contribution in [2.45, 2.75) is 33.0 Å². The lowest BCUT2D eigenvalue weighted by atomic mass is 9.95. The molecule has 0 saturated heterocycles. The normalized spacial score (nSPS) is 13.3. The molecule has 1 heterocycles. The van der Waals surface area contributed by atoms with E-state index in [-0.39, 0.29) is 0 Å². The van der Waals surface area contributed by atoms with E-state index in [9.17, 15) is 0 Å². The van der Waals surface area contributed by atoms with Gasteiger partial charge in [0.15, 0.2) is 0 Å². The van der Waals surface area contributed by atoms with E-state index in [4.69, 9.17) is 0 Å². The van der Waals surface area contributed by atoms with Crippen LogP contribution in [0.4, 0.5) is 5.69 Å². The summed E-state index contributed by atoms with van der Waals surface area (Å²) in [5.41, 5.74) is 6.87. The summed E-state index contributed by atoms with van der Waals surface area (Å²) in [5, 5.41) is 3.21. The average Bonchev–Trinajstić information content (AvgIpc) is 2.54. The summed E-state index contributed by atoms with van der Waals surface area (Å²) in [4.78, 5) is 4.82. The SMILES string of the molecule is CNCCN(C)Cc1cccc(-c2ccc3c(c2)N(C(C)C)C3)c1. The monoisotopic (exact) mass is 323 g/mol. The first-order valence-electron chi connectivity index (χ1n) is 8.90. The first kappa shape index (κ1) is 17.0. The van der Waals surface area contributed by atoms with Crippen molar-refractivity contribution in [3.8, 4) is 11.1 Å². The molecule has 3 heteroatoms. The molecule has 1 aliphatic heterocycles. The van der Waals surface area contributed by atoms with E-state index < -0.39 is 0 Å². The quantitative estimate of drug-likeness (QED) is 0.837. The summed E-state index contributed by atoms with van der Waals surface area (Å²) < 4.78 is 0. The van der Waals surface area contributed by atoms with Gasteiger partial charge in [-0.05, 0) is 62.3 Å². The highest BCUT2D eigenvalue weighted by atomic mass is 15.2. The van der Waals surface area contributed by atoms with Crippen LogP contribution in [0.3, 0.4) is 0 Å². The van der Waals surface area contributed by atoms with E-state index in [1.165, 1.54) is 27.9 Å². The molecule has 1 N–H and O–H groups in total. The molecule has 3 nitrogen and oxygen atoms in total. The fourth-order valence-electron chi connectivity index (χ4n) is 3.33. The number of nitrogens with one attached hydrogen (secondary N) is 1. The zero-order chi connectivity index (χ0) is 17.1. The highest BCUT2D eigenvalue weighted by Crippen LogP contribution is 2.37. The molecule has 0 spiro atoms. The van der Waals surface area contributed by atoms with Gasteiger partial charge in [0.1, 0.15) is 0 Å². The molecule has 0 fully saturated rings. The van der Waals surface area contributed by atoms with E-state index in [0.717, 1.165) is 26.2 Å². The van der Waals surface area contributed by atoms with Crippen molar-refractivity contribution in [1.29, 1.82) is 0 Å². The van der Waals surface area contributed by atoms with Crippen LogP contribution in [0.1, 0.15) is 25.0 Å². The Kier molecular flexibility index (Phi) is 5.22. The van der Waals surface area contributed by atoms with Gasteiger partial charge in [0.2, 0.25) is 0 Å². The lowest BCUT2D eigenvalue weighted by molar-refractivity contribution is 0.328. The smallest absolute Gasteiger partial charge is 0.0452 e. The van der Waals surface area contributed by atoms with E-state index in [2.05, 4.69) is 78.5 Å². The number of hydrogen-bond acceptors (Lipinski definition) is 3. The van der Waals surface area contributed by atoms with Crippen molar-refractivity contribution < 1.29 is 0 Å².